The minimum Gasteiger partial charge on any atom is -0.489 e. The third-order valence-electron chi connectivity index (χ3n) is 2.56. The van der Waals surface area contributed by atoms with Crippen LogP contribution in [-0.4, -0.2) is 7.85 Å². The summed E-state index contributed by atoms with van der Waals surface area (Å²) in [6.07, 6.45) is 0. The molecule has 0 fully saturated rings. The second-order valence-corrected chi connectivity index (χ2v) is 3.74. The molecule has 0 saturated heterocycles. The van der Waals surface area contributed by atoms with Crippen molar-refractivity contribution in [1.29, 1.82) is 0 Å². The van der Waals surface area contributed by atoms with Gasteiger partial charge in [0.1, 0.15) is 20.2 Å². The summed E-state index contributed by atoms with van der Waals surface area (Å²) in [5, 5.41) is 0. The SMILES string of the molecule is [B]c1cccc(OCc2ccccc2)c1C. The van der Waals surface area contributed by atoms with Crippen LogP contribution >= 0.6 is 0 Å². The lowest BCUT2D eigenvalue weighted by Gasteiger charge is -2.10. The van der Waals surface area contributed by atoms with Crippen LogP contribution in [0.1, 0.15) is 11.1 Å². The van der Waals surface area contributed by atoms with E-state index in [4.69, 9.17) is 12.6 Å². The van der Waals surface area contributed by atoms with E-state index in [0.29, 0.717) is 6.61 Å². The van der Waals surface area contributed by atoms with Crippen molar-refractivity contribution in [2.75, 3.05) is 0 Å². The Morgan fingerprint density at radius 3 is 2.50 bits per heavy atom. The summed E-state index contributed by atoms with van der Waals surface area (Å²) >= 11 is 0. The van der Waals surface area contributed by atoms with Gasteiger partial charge in [-0.1, -0.05) is 47.9 Å². The van der Waals surface area contributed by atoms with Gasteiger partial charge in [0.2, 0.25) is 0 Å². The maximum atomic E-state index is 5.81. The number of hydrogen-bond acceptors (Lipinski definition) is 1. The van der Waals surface area contributed by atoms with E-state index in [1.807, 2.05) is 55.5 Å². The van der Waals surface area contributed by atoms with Gasteiger partial charge in [0.15, 0.2) is 0 Å². The molecule has 0 amide bonds. The number of rotatable bonds is 3. The van der Waals surface area contributed by atoms with Crippen LogP contribution in [0.2, 0.25) is 0 Å². The molecule has 2 aromatic carbocycles. The van der Waals surface area contributed by atoms with E-state index in [1.54, 1.807) is 0 Å². The molecule has 0 saturated carbocycles. The summed E-state index contributed by atoms with van der Waals surface area (Å²) in [4.78, 5) is 0. The molecule has 0 unspecified atom stereocenters. The molecule has 0 aromatic heterocycles. The summed E-state index contributed by atoms with van der Waals surface area (Å²) in [6, 6.07) is 15.8. The molecule has 0 bridgehead atoms. The Morgan fingerprint density at radius 1 is 1.00 bits per heavy atom. The average Bonchev–Trinajstić information content (AvgIpc) is 2.32. The molecular weight excluding hydrogens is 195 g/mol. The minimum atomic E-state index is 0.575. The van der Waals surface area contributed by atoms with Gasteiger partial charge in [0.25, 0.3) is 0 Å². The normalized spacial score (nSPS) is 10.1. The monoisotopic (exact) mass is 208 g/mol. The zero-order chi connectivity index (χ0) is 11.4. The Kier molecular flexibility index (Phi) is 3.30. The van der Waals surface area contributed by atoms with Crippen molar-refractivity contribution in [2.45, 2.75) is 13.5 Å². The van der Waals surface area contributed by atoms with Crippen molar-refractivity contribution >= 4 is 13.3 Å². The minimum absolute atomic E-state index is 0.575. The topological polar surface area (TPSA) is 9.23 Å². The number of hydrogen-bond donors (Lipinski definition) is 0. The van der Waals surface area contributed by atoms with Crippen molar-refractivity contribution in [2.24, 2.45) is 0 Å². The first-order chi connectivity index (χ1) is 7.77. The Labute approximate surface area is 97.5 Å². The Balaban J connectivity index is 2.08. The standard InChI is InChI=1S/C14H13BO/c1-11-13(15)8-5-9-14(11)16-10-12-6-3-2-4-7-12/h2-9H,10H2,1H3. The van der Waals surface area contributed by atoms with Gasteiger partial charge in [-0.25, -0.2) is 0 Å². The first-order valence-corrected chi connectivity index (χ1v) is 5.29. The zero-order valence-electron chi connectivity index (χ0n) is 9.31. The molecule has 16 heavy (non-hydrogen) atoms. The van der Waals surface area contributed by atoms with E-state index >= 15 is 0 Å². The highest BCUT2D eigenvalue weighted by atomic mass is 16.5. The average molecular weight is 208 g/mol. The van der Waals surface area contributed by atoms with Crippen molar-refractivity contribution < 1.29 is 4.74 Å². The largest absolute Gasteiger partial charge is 0.489 e. The van der Waals surface area contributed by atoms with Crippen molar-refractivity contribution in [3.63, 3.8) is 0 Å². The van der Waals surface area contributed by atoms with Crippen LogP contribution in [0.15, 0.2) is 48.5 Å². The van der Waals surface area contributed by atoms with Crippen LogP contribution in [0.5, 0.6) is 5.75 Å². The number of benzene rings is 2. The highest BCUT2D eigenvalue weighted by Crippen LogP contribution is 2.16. The maximum absolute atomic E-state index is 5.81. The zero-order valence-corrected chi connectivity index (χ0v) is 9.31. The number of ether oxygens (including phenoxy) is 1. The molecular formula is C14H13BO. The van der Waals surface area contributed by atoms with Crippen molar-refractivity contribution in [1.82, 2.24) is 0 Å². The van der Waals surface area contributed by atoms with Crippen LogP contribution in [0, 0.1) is 6.92 Å². The van der Waals surface area contributed by atoms with E-state index in [0.717, 1.165) is 22.3 Å². The maximum Gasteiger partial charge on any atom is 0.122 e. The lowest BCUT2D eigenvalue weighted by atomic mass is 9.91. The molecule has 0 heterocycles. The summed E-state index contributed by atoms with van der Waals surface area (Å²) < 4.78 is 5.72. The molecule has 78 valence electrons. The fraction of sp³-hybridized carbons (Fsp3) is 0.143. The van der Waals surface area contributed by atoms with E-state index in [1.165, 1.54) is 0 Å². The van der Waals surface area contributed by atoms with Gasteiger partial charge in [0.05, 0.1) is 0 Å². The molecule has 1 nitrogen and oxygen atoms in total. The van der Waals surface area contributed by atoms with Crippen LogP contribution in [0.25, 0.3) is 0 Å². The van der Waals surface area contributed by atoms with E-state index in [9.17, 15) is 0 Å². The molecule has 2 aromatic rings. The lowest BCUT2D eigenvalue weighted by molar-refractivity contribution is 0.304. The van der Waals surface area contributed by atoms with Gasteiger partial charge >= 0.3 is 0 Å². The Morgan fingerprint density at radius 2 is 1.75 bits per heavy atom. The smallest absolute Gasteiger partial charge is 0.122 e. The van der Waals surface area contributed by atoms with Crippen LogP contribution in [0.3, 0.4) is 0 Å². The first-order valence-electron chi connectivity index (χ1n) is 5.29. The quantitative estimate of drug-likeness (QED) is 0.703. The van der Waals surface area contributed by atoms with Gasteiger partial charge < -0.3 is 4.74 Å². The van der Waals surface area contributed by atoms with Gasteiger partial charge in [0, 0.05) is 0 Å². The highest BCUT2D eigenvalue weighted by Gasteiger charge is 2.01. The third kappa shape index (κ3) is 2.46. The third-order valence-corrected chi connectivity index (χ3v) is 2.56. The summed E-state index contributed by atoms with van der Waals surface area (Å²) in [6.45, 7) is 2.54. The molecule has 0 atom stereocenters. The second kappa shape index (κ2) is 4.89. The summed E-state index contributed by atoms with van der Waals surface area (Å²) in [5.41, 5.74) is 2.92. The fourth-order valence-corrected chi connectivity index (χ4v) is 1.52. The fourth-order valence-electron chi connectivity index (χ4n) is 1.52. The van der Waals surface area contributed by atoms with Gasteiger partial charge in [-0.05, 0) is 24.1 Å². The van der Waals surface area contributed by atoms with Gasteiger partial charge in [-0.2, -0.15) is 0 Å². The predicted octanol–water partition coefficient (Wildman–Crippen LogP) is 2.37. The van der Waals surface area contributed by atoms with Crippen molar-refractivity contribution in [3.8, 4) is 5.75 Å². The molecule has 2 heteroatoms. The Hall–Kier alpha value is -1.70. The predicted molar refractivity (Wildman–Crippen MR) is 67.3 cm³/mol. The van der Waals surface area contributed by atoms with Gasteiger partial charge in [-0.15, -0.1) is 0 Å². The molecule has 0 aliphatic heterocycles. The molecule has 2 rings (SSSR count). The van der Waals surface area contributed by atoms with Gasteiger partial charge in [-0.3, -0.25) is 0 Å². The second-order valence-electron chi connectivity index (χ2n) is 3.74. The summed E-state index contributed by atoms with van der Waals surface area (Å²) in [5.74, 6) is 0.851. The van der Waals surface area contributed by atoms with Crippen LogP contribution in [-0.2, 0) is 6.61 Å². The van der Waals surface area contributed by atoms with Crippen LogP contribution < -0.4 is 10.2 Å². The molecule has 2 radical (unpaired) electrons. The molecule has 0 spiro atoms. The Bertz CT molecular complexity index is 465. The first kappa shape index (κ1) is 10.8. The van der Waals surface area contributed by atoms with E-state index < -0.39 is 0 Å². The summed E-state index contributed by atoms with van der Waals surface area (Å²) in [7, 11) is 5.81. The lowest BCUT2D eigenvalue weighted by Crippen LogP contribution is -2.08. The molecule has 0 aliphatic carbocycles. The van der Waals surface area contributed by atoms with Crippen molar-refractivity contribution in [3.05, 3.63) is 59.7 Å². The molecule has 0 aliphatic rings. The van der Waals surface area contributed by atoms with E-state index in [2.05, 4.69) is 0 Å². The molecule has 0 N–H and O–H groups in total. The van der Waals surface area contributed by atoms with Crippen LogP contribution in [0.4, 0.5) is 0 Å². The highest BCUT2D eigenvalue weighted by molar-refractivity contribution is 6.33. The van der Waals surface area contributed by atoms with E-state index in [-0.39, 0.29) is 0 Å².